The van der Waals surface area contributed by atoms with Gasteiger partial charge in [0.25, 0.3) is 0 Å². The predicted molar refractivity (Wildman–Crippen MR) is 539 cm³/mol. The highest BCUT2D eigenvalue weighted by molar-refractivity contribution is 6.25. The van der Waals surface area contributed by atoms with Crippen molar-refractivity contribution in [1.82, 2.24) is 0 Å². The molecule has 0 bridgehead atoms. The summed E-state index contributed by atoms with van der Waals surface area (Å²) in [6.07, 6.45) is 0. The van der Waals surface area contributed by atoms with Crippen LogP contribution in [0.5, 0.6) is 0 Å². The van der Waals surface area contributed by atoms with Gasteiger partial charge in [0.15, 0.2) is 17.3 Å². The summed E-state index contributed by atoms with van der Waals surface area (Å²) in [4.78, 5) is 44.9. The molecule has 18 aromatic carbocycles. The van der Waals surface area contributed by atoms with Gasteiger partial charge in [-0.05, 0) is 250 Å². The maximum atomic E-state index is 12.8. The first-order valence-electron chi connectivity index (χ1n) is 43.3. The van der Waals surface area contributed by atoms with Crippen LogP contribution >= 0.6 is 0 Å². The van der Waals surface area contributed by atoms with E-state index in [1.165, 1.54) is 44.5 Å². The lowest BCUT2D eigenvalue weighted by molar-refractivity contribution is -0.112. The summed E-state index contributed by atoms with van der Waals surface area (Å²) in [5, 5.41) is 6.22. The van der Waals surface area contributed by atoms with Crippen LogP contribution in [0.3, 0.4) is 0 Å². The van der Waals surface area contributed by atoms with Crippen LogP contribution in [-0.2, 0) is 28.6 Å². The molecule has 0 spiro atoms. The predicted octanol–water partition coefficient (Wildman–Crippen LogP) is 31.8. The Morgan fingerprint density at radius 3 is 0.760 bits per heavy atom. The quantitative estimate of drug-likeness (QED) is 0.0433. The summed E-state index contributed by atoms with van der Waals surface area (Å²) in [7, 11) is 4.81. The van der Waals surface area contributed by atoms with E-state index in [-0.39, 0.29) is 17.3 Å². The number of rotatable bonds is 24. The van der Waals surface area contributed by atoms with Gasteiger partial charge in [-0.25, -0.2) is 0 Å². The Morgan fingerprint density at radius 1 is 0.194 bits per heavy atom. The van der Waals surface area contributed by atoms with E-state index in [2.05, 4.69) is 379 Å². The summed E-state index contributed by atoms with van der Waals surface area (Å²) in [6, 6.07) is 152. The minimum Gasteiger partial charge on any atom is -0.501 e. The van der Waals surface area contributed by atoms with Gasteiger partial charge in [0.2, 0.25) is 0 Å². The molecule has 0 saturated carbocycles. The Kier molecular flexibility index (Phi) is 26.9. The molecule has 630 valence electrons. The molecule has 0 N–H and O–H groups in total. The Labute approximate surface area is 756 Å². The molecule has 0 aliphatic carbocycles. The largest absolute Gasteiger partial charge is 0.501 e. The second kappa shape index (κ2) is 40.2. The van der Waals surface area contributed by atoms with Gasteiger partial charge < -0.3 is 28.9 Å². The Morgan fingerprint density at radius 2 is 0.434 bits per heavy atom. The van der Waals surface area contributed by atoms with Gasteiger partial charge in [-0.3, -0.25) is 14.4 Å². The average Bonchev–Trinajstić information content (AvgIpc) is 0.768. The Bertz CT molecular complexity index is 6600. The maximum Gasteiger partial charge on any atom is 0.163 e. The molecule has 0 fully saturated rings. The molecule has 0 unspecified atom stereocenters. The van der Waals surface area contributed by atoms with Gasteiger partial charge in [-0.15, -0.1) is 0 Å². The minimum atomic E-state index is -0.0258. The molecule has 129 heavy (non-hydrogen) atoms. The zero-order chi connectivity index (χ0) is 89.3. The molecule has 0 radical (unpaired) electrons. The Balaban J connectivity index is 0.000000142. The third kappa shape index (κ3) is 19.4. The highest BCUT2D eigenvalue weighted by atomic mass is 16.5. The summed E-state index contributed by atoms with van der Waals surface area (Å²) in [5.41, 5.74) is 27.9. The lowest BCUT2D eigenvalue weighted by Gasteiger charge is -2.28. The lowest BCUT2D eigenvalue weighted by atomic mass is 9.93. The topological polar surface area (TPSA) is 88.6 Å². The molecule has 0 heterocycles. The van der Waals surface area contributed by atoms with Crippen LogP contribution in [0.2, 0.25) is 0 Å². The summed E-state index contributed by atoms with van der Waals surface area (Å²) < 4.78 is 16.5. The molecular formula is C120H99N3O6. The van der Waals surface area contributed by atoms with Crippen molar-refractivity contribution in [3.63, 3.8) is 0 Å². The van der Waals surface area contributed by atoms with E-state index >= 15 is 0 Å². The smallest absolute Gasteiger partial charge is 0.163 e. The third-order valence-electron chi connectivity index (χ3n) is 23.6. The van der Waals surface area contributed by atoms with Gasteiger partial charge in [0, 0.05) is 50.6 Å². The summed E-state index contributed by atoms with van der Waals surface area (Å²) in [6.45, 7) is 10.3. The van der Waals surface area contributed by atoms with Crippen LogP contribution in [0, 0.1) is 0 Å². The summed E-state index contributed by atoms with van der Waals surface area (Å²) in [5.74, 6) is 1.77. The molecule has 0 atom stereocenters. The molecule has 0 aliphatic rings. The number of hydrogen-bond donors (Lipinski definition) is 0. The number of carbonyl (C=O) groups excluding carboxylic acids is 3. The highest BCUT2D eigenvalue weighted by Crippen LogP contribution is 2.47. The molecule has 0 amide bonds. The zero-order valence-electron chi connectivity index (χ0n) is 73.9. The fourth-order valence-electron chi connectivity index (χ4n) is 17.0. The number of nitrogens with zero attached hydrogens (tertiary/aromatic N) is 3. The fourth-order valence-corrected chi connectivity index (χ4v) is 17.0. The second-order valence-corrected chi connectivity index (χ2v) is 31.7. The SMILES string of the molecule is CO/C(C)=C(\C(C)=O)c1ccc(N(c2ccc(-c3ccccc3)cc2)c2ccc(-c3ccccc3)cc2)c2ccccc12.CO/C(C)=C(\C(C)=O)c1ccc2cc(N(c3ccc(-c4ccccc4)cc3)c3ccc(-c4ccccc4)cc3)ccc2c1.CO/C(C)=C(\C(C)=O)c1cccc2c(N(c3ccc(-c4ccccc4)cc3)c3ccc(-c4ccccc4)cc3)cccc12. The number of ether oxygens (including phenoxy) is 3. The van der Waals surface area contributed by atoms with E-state index in [0.29, 0.717) is 34.0 Å². The molecule has 18 aromatic rings. The van der Waals surface area contributed by atoms with Crippen molar-refractivity contribution in [3.05, 3.63) is 471 Å². The number of hydrogen-bond acceptors (Lipinski definition) is 9. The van der Waals surface area contributed by atoms with E-state index in [4.69, 9.17) is 14.2 Å². The normalized spacial score (nSPS) is 11.6. The van der Waals surface area contributed by atoms with Gasteiger partial charge in [-0.2, -0.15) is 0 Å². The van der Waals surface area contributed by atoms with E-state index in [1.54, 1.807) is 42.1 Å². The second-order valence-electron chi connectivity index (χ2n) is 31.7. The number of allylic oxidation sites excluding steroid dienone is 6. The van der Waals surface area contributed by atoms with E-state index in [9.17, 15) is 14.4 Å². The standard InChI is InChI=1S/3C40H33NO2/c1-28(42)40(29(2)43-3)38-18-10-17-37-36(38)16-11-19-39(37)41(34-24-20-32(21-25-34)30-12-6-4-7-13-30)35-26-22-33(23-27-35)31-14-8-5-9-15-31;1-28(42)40(29(2)43-3)38-26-27-39(37-17-11-10-16-36(37)38)41(34-22-18-32(19-23-34)30-12-6-4-7-13-30)35-24-20-33(21-25-35)31-14-8-5-9-15-31;1-28(42)40(29(2)43-3)36-15-14-35-27-39(25-20-34(35)26-36)41(37-21-16-32(17-22-37)30-10-6-4-7-11-30)38-23-18-33(19-24-38)31-12-8-5-9-13-31/h3*4-27H,1-3H3/b3*40-29+. The number of carbonyl (C=O) groups is 3. The lowest BCUT2D eigenvalue weighted by Crippen LogP contribution is -2.11. The first-order chi connectivity index (χ1) is 63.1. The molecule has 0 saturated heterocycles. The fraction of sp³-hybridized carbons (Fsp3) is 0.0750. The molecule has 9 nitrogen and oxygen atoms in total. The molecule has 0 aromatic heterocycles. The number of benzene rings is 18. The van der Waals surface area contributed by atoms with E-state index in [1.807, 2.05) is 93.6 Å². The monoisotopic (exact) mass is 1680 g/mol. The molecule has 0 aliphatic heterocycles. The van der Waals surface area contributed by atoms with Crippen molar-refractivity contribution in [2.24, 2.45) is 0 Å². The number of Topliss-reactive ketones (excluding diaryl/α,β-unsaturated/α-hetero) is 3. The van der Waals surface area contributed by atoms with Gasteiger partial charge >= 0.3 is 0 Å². The summed E-state index contributed by atoms with van der Waals surface area (Å²) >= 11 is 0. The number of fused-ring (bicyclic) bond motifs is 3. The van der Waals surface area contributed by atoms with Crippen molar-refractivity contribution in [2.45, 2.75) is 41.5 Å². The van der Waals surface area contributed by atoms with Crippen molar-refractivity contribution >= 4 is 118 Å². The van der Waals surface area contributed by atoms with E-state index in [0.717, 1.165) is 122 Å². The first kappa shape index (κ1) is 86.3. The molecule has 9 heteroatoms. The van der Waals surface area contributed by atoms with Crippen LogP contribution in [-0.4, -0.2) is 38.7 Å². The van der Waals surface area contributed by atoms with Crippen LogP contribution in [0.25, 0.3) is 116 Å². The van der Waals surface area contributed by atoms with Crippen molar-refractivity contribution in [2.75, 3.05) is 36.0 Å². The van der Waals surface area contributed by atoms with Crippen LogP contribution in [0.1, 0.15) is 58.2 Å². The van der Waals surface area contributed by atoms with Crippen molar-refractivity contribution in [1.29, 1.82) is 0 Å². The number of anilines is 9. The average molecular weight is 1680 g/mol. The Hall–Kier alpha value is -16.2. The minimum absolute atomic E-state index is 0.0144. The third-order valence-corrected chi connectivity index (χ3v) is 23.6. The van der Waals surface area contributed by atoms with Crippen LogP contribution in [0.4, 0.5) is 51.2 Å². The van der Waals surface area contributed by atoms with E-state index < -0.39 is 0 Å². The van der Waals surface area contributed by atoms with Crippen molar-refractivity contribution < 1.29 is 28.6 Å². The van der Waals surface area contributed by atoms with Crippen molar-refractivity contribution in [3.8, 4) is 66.8 Å². The van der Waals surface area contributed by atoms with Crippen LogP contribution < -0.4 is 14.7 Å². The highest BCUT2D eigenvalue weighted by Gasteiger charge is 2.25. The van der Waals surface area contributed by atoms with Gasteiger partial charge in [0.1, 0.15) is 17.3 Å². The molecule has 18 rings (SSSR count). The number of ketones is 3. The maximum absolute atomic E-state index is 12.8. The number of methoxy groups -OCH3 is 3. The zero-order valence-corrected chi connectivity index (χ0v) is 73.9. The first-order valence-corrected chi connectivity index (χ1v) is 43.3. The van der Waals surface area contributed by atoms with Crippen LogP contribution in [0.15, 0.2) is 454 Å². The van der Waals surface area contributed by atoms with Gasteiger partial charge in [0.05, 0.1) is 49.4 Å². The van der Waals surface area contributed by atoms with Gasteiger partial charge in [-0.1, -0.05) is 334 Å². The molecular weight excluding hydrogens is 1580 g/mol.